The molecule has 0 fully saturated rings. The fourth-order valence-electron chi connectivity index (χ4n) is 7.95. The van der Waals surface area contributed by atoms with Gasteiger partial charge in [0.05, 0.1) is 18.4 Å². The smallest absolute Gasteiger partial charge is 0.335 e. The second-order valence-electron chi connectivity index (χ2n) is 20.7. The average molecular weight is 1340 g/mol. The average Bonchev–Trinajstić information content (AvgIpc) is 0.878. The van der Waals surface area contributed by atoms with Crippen LogP contribution in [0.5, 0.6) is 0 Å². The predicted molar refractivity (Wildman–Crippen MR) is 315 cm³/mol. The van der Waals surface area contributed by atoms with E-state index in [1.807, 2.05) is 0 Å². The molecule has 41 heteroatoms. The summed E-state index contributed by atoms with van der Waals surface area (Å²) < 4.78 is 0. The fourth-order valence-corrected chi connectivity index (χ4v) is 8.04. The molecule has 0 bridgehead atoms. The Labute approximate surface area is 530 Å². The van der Waals surface area contributed by atoms with Crippen LogP contribution in [0.4, 0.5) is 11.6 Å². The number of aliphatic carboxylic acids is 4. The minimum Gasteiger partial charge on any atom is -0.480 e. The largest absolute Gasteiger partial charge is 0.480 e. The molecule has 0 aliphatic carbocycles. The molecule has 0 aliphatic rings. The van der Waals surface area contributed by atoms with E-state index in [0.29, 0.717) is 11.4 Å². The van der Waals surface area contributed by atoms with Gasteiger partial charge in [-0.1, -0.05) is 0 Å². The highest BCUT2D eigenvalue weighted by molar-refractivity contribution is 7.80. The first kappa shape index (κ1) is 77.9. The monoisotopic (exact) mass is 1340 g/mol. The van der Waals surface area contributed by atoms with Crippen LogP contribution < -0.4 is 59.1 Å². The second-order valence-corrected chi connectivity index (χ2v) is 21.1. The molecule has 3 aromatic rings. The van der Waals surface area contributed by atoms with E-state index in [1.165, 1.54) is 37.4 Å². The molecule has 0 aliphatic heterocycles. The lowest BCUT2D eigenvalue weighted by molar-refractivity contribution is -0.158. The van der Waals surface area contributed by atoms with Crippen LogP contribution in [0, 0.1) is 0 Å². The third kappa shape index (κ3) is 26.1. The van der Waals surface area contributed by atoms with Crippen LogP contribution in [0.2, 0.25) is 0 Å². The van der Waals surface area contributed by atoms with Crippen molar-refractivity contribution in [3.63, 3.8) is 0 Å². The topological polar surface area (TPSA) is 674 Å². The number of aromatic amines is 1. The van der Waals surface area contributed by atoms with Gasteiger partial charge < -0.3 is 120 Å². The molecular weight excluding hydrogens is 1270 g/mol. The zero-order valence-electron chi connectivity index (χ0n) is 49.1. The lowest BCUT2D eigenvalue weighted by Gasteiger charge is -2.26. The summed E-state index contributed by atoms with van der Waals surface area (Å²) in [4.78, 5) is 181. The predicted octanol–water partition coefficient (Wildman–Crippen LogP) is -10.0. The van der Waals surface area contributed by atoms with Gasteiger partial charge in [-0.25, -0.2) is 29.1 Å². The molecule has 0 spiro atoms. The highest BCUT2D eigenvalue weighted by Gasteiger charge is 2.35. The molecule has 0 saturated heterocycles. The molecule has 14 atom stereocenters. The highest BCUT2D eigenvalue weighted by atomic mass is 32.1. The maximum Gasteiger partial charge on any atom is 0.335 e. The Balaban J connectivity index is 1.91. The number of aromatic nitrogens is 4. The number of rotatable bonds is 41. The number of hydrogen-bond donors (Lipinski definition) is 25. The third-order valence-electron chi connectivity index (χ3n) is 13.4. The summed E-state index contributed by atoms with van der Waals surface area (Å²) in [7, 11) is 0. The SMILES string of the molecule is C[C@H](CS)NC(=O)[C@H](CCC(=O)NC[C@H](O)[C@@H](O)[C@H](O)C(=O)O)NC(=O)[C@H](CCC(=O)NC[C@H](O)[C@@H](O)[C@H](O)C(=O)O)NC(=O)[C@H](CCC(=O)NC[C@H](O)[C@@H](O)[C@H](O)C(=O)O)NC(=O)CC[C@H](NC(=O)c1ccc(NCc2cnc3nc(N)[nH]c(=O)c3n2)cc1)C(=O)O. The molecule has 1 aromatic carbocycles. The van der Waals surface area contributed by atoms with Crippen LogP contribution >= 0.6 is 12.6 Å². The molecule has 0 unspecified atom stereocenters. The molecular formula is C52H74N14O26S. The summed E-state index contributed by atoms with van der Waals surface area (Å²) in [6.45, 7) is -1.13. The normalized spacial score (nSPS) is 15.8. The molecule has 25 N–H and O–H groups in total. The number of H-pyrrole nitrogens is 1. The van der Waals surface area contributed by atoms with Gasteiger partial charge in [0.15, 0.2) is 29.5 Å². The molecule has 2 aromatic heterocycles. The van der Waals surface area contributed by atoms with Crippen LogP contribution in [0.15, 0.2) is 35.3 Å². The Hall–Kier alpha value is -9.33. The summed E-state index contributed by atoms with van der Waals surface area (Å²) in [6, 6.07) is -2.69. The lowest BCUT2D eigenvalue weighted by atomic mass is 10.0. The number of benzene rings is 1. The maximum absolute atomic E-state index is 14.3. The number of nitrogens with zero attached hydrogens (tertiary/aromatic N) is 3. The van der Waals surface area contributed by atoms with E-state index in [-0.39, 0.29) is 35.0 Å². The third-order valence-corrected chi connectivity index (χ3v) is 13.9. The van der Waals surface area contributed by atoms with Gasteiger partial charge in [0.1, 0.15) is 60.8 Å². The number of nitrogen functional groups attached to an aromatic ring is 1. The minimum absolute atomic E-state index is 0.00745. The summed E-state index contributed by atoms with van der Waals surface area (Å²) in [5, 5.41) is 147. The fraction of sp³-hybridized carbons (Fsp3) is 0.538. The number of anilines is 2. The number of hydrogen-bond acceptors (Lipinski definition) is 28. The number of aliphatic hydroxyl groups is 9. The Kier molecular flexibility index (Phi) is 31.7. The first-order valence-corrected chi connectivity index (χ1v) is 28.6. The molecule has 0 radical (unpaired) electrons. The van der Waals surface area contributed by atoms with Gasteiger partial charge in [0, 0.05) is 68.4 Å². The zero-order chi connectivity index (χ0) is 70.0. The van der Waals surface area contributed by atoms with Crippen molar-refractivity contribution in [2.24, 2.45) is 0 Å². The number of fused-ring (bicyclic) bond motifs is 1. The van der Waals surface area contributed by atoms with Crippen molar-refractivity contribution in [1.29, 1.82) is 0 Å². The standard InChI is InChI=1S/C52H74N14O26S/c1-20(19-93)59-44(81)25(7-11-32(71)56-17-29(68)37(75)40(78)50(89)90)62-46(83)26(8-12-33(72)57-18-30(69)38(76)41(79)51(91)92)63-45(82)24(6-10-31(70)55-16-28(67)36(74)39(77)49(87)88)61-34(73)13-9-27(48(85)86)64-43(80)21-2-4-22(5-3-21)54-14-23-15-58-42-35(60-23)47(84)66-52(53)65-42/h2-5,15,20,24-30,36-41,54,67-69,74-79,93H,6-14,16-19H2,1H3,(H,55,70)(H,56,71)(H,57,72)(H,59,81)(H,61,73)(H,62,83)(H,63,82)(H,64,80)(H,85,86)(H,87,88)(H,89,90)(H,91,92)(H3,53,58,65,66,84)/t20-,24+,25+,26+,27+,28+,29+,30+,36-,37-,38-,39+,40+,41+/m1/s1. The number of carbonyl (C=O) groups excluding carboxylic acids is 8. The second kappa shape index (κ2) is 37.9. The Morgan fingerprint density at radius 3 is 1.33 bits per heavy atom. The number of aliphatic hydroxyl groups excluding tert-OH is 9. The number of carboxylic acids is 4. The number of nitrogens with one attached hydrogen (secondary N) is 10. The van der Waals surface area contributed by atoms with Gasteiger partial charge in [-0.2, -0.15) is 17.6 Å². The Morgan fingerprint density at radius 2 is 0.925 bits per heavy atom. The molecule has 40 nitrogen and oxygen atoms in total. The van der Waals surface area contributed by atoms with Crippen LogP contribution in [-0.4, -0.2) is 268 Å². The van der Waals surface area contributed by atoms with Gasteiger partial charge in [0.2, 0.25) is 47.3 Å². The van der Waals surface area contributed by atoms with Crippen LogP contribution in [0.1, 0.15) is 74.3 Å². The van der Waals surface area contributed by atoms with Crippen molar-refractivity contribution in [3.8, 4) is 0 Å². The van der Waals surface area contributed by atoms with Gasteiger partial charge in [-0.15, -0.1) is 0 Å². The number of nitrogens with two attached hydrogens (primary N) is 1. The summed E-state index contributed by atoms with van der Waals surface area (Å²) in [5.74, 6) is -16.5. The number of thiol groups is 1. The van der Waals surface area contributed by atoms with Crippen molar-refractivity contribution in [2.75, 3.05) is 36.4 Å². The molecule has 2 heterocycles. The number of carbonyl (C=O) groups is 12. The van der Waals surface area contributed by atoms with E-state index in [4.69, 9.17) is 21.1 Å². The van der Waals surface area contributed by atoms with E-state index in [9.17, 15) is 113 Å². The first-order chi connectivity index (χ1) is 43.6. The van der Waals surface area contributed by atoms with E-state index >= 15 is 0 Å². The first-order valence-electron chi connectivity index (χ1n) is 28.0. The molecule has 514 valence electrons. The van der Waals surface area contributed by atoms with E-state index in [2.05, 4.69) is 80.4 Å². The van der Waals surface area contributed by atoms with Crippen molar-refractivity contribution < 1.29 is 124 Å². The molecule has 3 rings (SSSR count). The maximum atomic E-state index is 14.3. The number of carboxylic acid groups (broad SMARTS) is 4. The van der Waals surface area contributed by atoms with Gasteiger partial charge >= 0.3 is 23.9 Å². The Morgan fingerprint density at radius 1 is 0.527 bits per heavy atom. The quantitative estimate of drug-likeness (QED) is 0.0235. The number of amides is 8. The van der Waals surface area contributed by atoms with Crippen LogP contribution in [0.25, 0.3) is 11.2 Å². The highest BCUT2D eigenvalue weighted by Crippen LogP contribution is 2.14. The summed E-state index contributed by atoms with van der Waals surface area (Å²) in [5.41, 5.74) is 5.53. The molecule has 93 heavy (non-hydrogen) atoms. The van der Waals surface area contributed by atoms with E-state index < -0.39 is 233 Å². The zero-order valence-corrected chi connectivity index (χ0v) is 50.0. The van der Waals surface area contributed by atoms with Gasteiger partial charge in [-0.05, 0) is 56.9 Å². The minimum atomic E-state index is -2.51. The van der Waals surface area contributed by atoms with Crippen molar-refractivity contribution in [2.45, 2.75) is 150 Å². The van der Waals surface area contributed by atoms with E-state index in [0.717, 1.165) is 0 Å². The summed E-state index contributed by atoms with van der Waals surface area (Å²) >= 11 is 4.10. The van der Waals surface area contributed by atoms with Crippen molar-refractivity contribution >= 4 is 107 Å². The van der Waals surface area contributed by atoms with Crippen molar-refractivity contribution in [1.82, 2.24) is 62.5 Å². The molecule has 0 saturated carbocycles. The van der Waals surface area contributed by atoms with E-state index in [1.54, 1.807) is 0 Å². The van der Waals surface area contributed by atoms with Gasteiger partial charge in [0.25, 0.3) is 11.5 Å². The van der Waals surface area contributed by atoms with Crippen LogP contribution in [0.3, 0.4) is 0 Å². The Bertz CT molecular complexity index is 3180. The molecule has 8 amide bonds. The summed E-state index contributed by atoms with van der Waals surface area (Å²) in [6.07, 6.45) is -25.2. The van der Waals surface area contributed by atoms with Crippen LogP contribution in [-0.2, 0) is 59.3 Å². The lowest BCUT2D eigenvalue weighted by Crippen LogP contribution is -2.57. The van der Waals surface area contributed by atoms with Gasteiger partial charge in [-0.3, -0.25) is 48.1 Å². The van der Waals surface area contributed by atoms with Crippen molar-refractivity contribution in [3.05, 3.63) is 52.1 Å².